The van der Waals surface area contributed by atoms with E-state index in [0.717, 1.165) is 39.6 Å². The van der Waals surface area contributed by atoms with Crippen molar-refractivity contribution in [3.8, 4) is 17.1 Å². The van der Waals surface area contributed by atoms with Crippen LogP contribution in [0.4, 0.5) is 5.82 Å². The molecule has 4 rings (SSSR count). The van der Waals surface area contributed by atoms with Crippen LogP contribution >= 0.6 is 0 Å². The lowest BCUT2D eigenvalue weighted by Gasteiger charge is -2.29. The third-order valence-electron chi connectivity index (χ3n) is 4.74. The van der Waals surface area contributed by atoms with E-state index in [2.05, 4.69) is 30.4 Å². The highest BCUT2D eigenvalue weighted by Crippen LogP contribution is 2.30. The zero-order valence-electron chi connectivity index (χ0n) is 16.2. The average Bonchev–Trinajstić information content (AvgIpc) is 3.11. The van der Waals surface area contributed by atoms with Crippen LogP contribution < -0.4 is 15.0 Å². The molecule has 1 aliphatic rings. The van der Waals surface area contributed by atoms with Crippen molar-refractivity contribution in [3.63, 3.8) is 0 Å². The van der Waals surface area contributed by atoms with Crippen molar-refractivity contribution in [1.29, 1.82) is 0 Å². The minimum atomic E-state index is 0.100. The second-order valence-corrected chi connectivity index (χ2v) is 7.05. The van der Waals surface area contributed by atoms with Gasteiger partial charge in [0.1, 0.15) is 29.3 Å². The number of nitrogens with zero attached hydrogens (tertiary/aromatic N) is 4. The predicted octanol–water partition coefficient (Wildman–Crippen LogP) is 3.01. The molecule has 0 aliphatic carbocycles. The number of aliphatic hydroxyl groups is 1. The molecule has 2 aromatic heterocycles. The summed E-state index contributed by atoms with van der Waals surface area (Å²) in [5.41, 5.74) is 3.24. The fourth-order valence-corrected chi connectivity index (χ4v) is 3.36. The van der Waals surface area contributed by atoms with Gasteiger partial charge in [0.2, 0.25) is 0 Å². The number of ether oxygens (including phenoxy) is 1. The van der Waals surface area contributed by atoms with E-state index in [-0.39, 0.29) is 6.10 Å². The fraction of sp³-hybridized carbons (Fsp3) is 0.350. The standard InChI is InChI=1S/C20H24N6O2/c1-12(2)28-13-4-5-15-14(8-13)20(25-24-15)16-9-19(23-11-22-16)26-7-6-18(27)17(10-26)21-3/h4-5,8-9,11-12,21,27H,6-7,10H2,1-3H3,(H,24,25). The SMILES string of the molecule is CNC1=C(O)CCN(c2cc(-c3n[nH]c4ccc(OC(C)C)cc34)ncn2)C1. The maximum atomic E-state index is 9.98. The summed E-state index contributed by atoms with van der Waals surface area (Å²) in [7, 11) is 1.81. The van der Waals surface area contributed by atoms with Crippen LogP contribution in [0.5, 0.6) is 5.75 Å². The summed E-state index contributed by atoms with van der Waals surface area (Å²) in [4.78, 5) is 11.0. The Morgan fingerprint density at radius 1 is 1.25 bits per heavy atom. The molecule has 8 heteroatoms. The number of aromatic amines is 1. The maximum Gasteiger partial charge on any atom is 0.132 e. The number of anilines is 1. The Hall–Kier alpha value is -3.29. The summed E-state index contributed by atoms with van der Waals surface area (Å²) in [6, 6.07) is 7.81. The van der Waals surface area contributed by atoms with E-state index in [4.69, 9.17) is 4.74 Å². The Labute approximate surface area is 163 Å². The third-order valence-corrected chi connectivity index (χ3v) is 4.74. The van der Waals surface area contributed by atoms with Gasteiger partial charge < -0.3 is 20.1 Å². The van der Waals surface area contributed by atoms with Gasteiger partial charge in [-0.05, 0) is 32.0 Å². The molecule has 0 fully saturated rings. The Morgan fingerprint density at radius 3 is 2.89 bits per heavy atom. The molecule has 0 saturated heterocycles. The molecular formula is C20H24N6O2. The van der Waals surface area contributed by atoms with E-state index >= 15 is 0 Å². The van der Waals surface area contributed by atoms with Crippen LogP contribution in [-0.4, -0.2) is 51.5 Å². The molecule has 0 spiro atoms. The van der Waals surface area contributed by atoms with E-state index in [1.807, 2.05) is 45.2 Å². The van der Waals surface area contributed by atoms with Crippen molar-refractivity contribution in [3.05, 3.63) is 42.0 Å². The number of benzene rings is 1. The summed E-state index contributed by atoms with van der Waals surface area (Å²) < 4.78 is 5.82. The maximum absolute atomic E-state index is 9.98. The van der Waals surface area contributed by atoms with Crippen LogP contribution in [0.3, 0.4) is 0 Å². The number of fused-ring (bicyclic) bond motifs is 1. The van der Waals surface area contributed by atoms with Crippen LogP contribution in [-0.2, 0) is 0 Å². The lowest BCUT2D eigenvalue weighted by Crippen LogP contribution is -2.36. The highest BCUT2D eigenvalue weighted by Gasteiger charge is 2.20. The van der Waals surface area contributed by atoms with Crippen molar-refractivity contribution < 1.29 is 9.84 Å². The second-order valence-electron chi connectivity index (χ2n) is 7.05. The molecule has 1 aliphatic heterocycles. The van der Waals surface area contributed by atoms with Crippen molar-refractivity contribution in [2.45, 2.75) is 26.4 Å². The molecule has 3 heterocycles. The molecule has 0 saturated carbocycles. The Bertz CT molecular complexity index is 1030. The second kappa shape index (κ2) is 7.38. The number of aliphatic hydroxyl groups excluding tert-OH is 1. The van der Waals surface area contributed by atoms with E-state index < -0.39 is 0 Å². The Morgan fingerprint density at radius 2 is 2.11 bits per heavy atom. The molecule has 0 bridgehead atoms. The molecular weight excluding hydrogens is 356 g/mol. The number of aromatic nitrogens is 4. The van der Waals surface area contributed by atoms with Gasteiger partial charge in [0.15, 0.2) is 0 Å². The smallest absolute Gasteiger partial charge is 0.132 e. The Balaban J connectivity index is 1.68. The van der Waals surface area contributed by atoms with Gasteiger partial charge in [-0.25, -0.2) is 9.97 Å². The highest BCUT2D eigenvalue weighted by molar-refractivity contribution is 5.93. The van der Waals surface area contributed by atoms with Gasteiger partial charge >= 0.3 is 0 Å². The van der Waals surface area contributed by atoms with Crippen LogP contribution in [0.1, 0.15) is 20.3 Å². The minimum absolute atomic E-state index is 0.100. The number of hydrogen-bond donors (Lipinski definition) is 3. The normalized spacial score (nSPS) is 14.8. The molecule has 0 amide bonds. The molecule has 28 heavy (non-hydrogen) atoms. The third kappa shape index (κ3) is 3.45. The number of nitrogens with one attached hydrogen (secondary N) is 2. The molecule has 3 aromatic rings. The number of likely N-dealkylation sites (N-methyl/N-ethyl adjacent to an activating group) is 1. The molecule has 0 unspecified atom stereocenters. The first-order valence-corrected chi connectivity index (χ1v) is 9.36. The Kier molecular flexibility index (Phi) is 4.77. The van der Waals surface area contributed by atoms with Gasteiger partial charge in [0.05, 0.1) is 29.6 Å². The molecule has 8 nitrogen and oxygen atoms in total. The summed E-state index contributed by atoms with van der Waals surface area (Å²) in [6.07, 6.45) is 2.23. The molecule has 146 valence electrons. The summed E-state index contributed by atoms with van der Waals surface area (Å²) >= 11 is 0. The van der Waals surface area contributed by atoms with Gasteiger partial charge in [0, 0.05) is 31.5 Å². The van der Waals surface area contributed by atoms with E-state index in [1.165, 1.54) is 0 Å². The fourth-order valence-electron chi connectivity index (χ4n) is 3.36. The van der Waals surface area contributed by atoms with Gasteiger partial charge in [-0.3, -0.25) is 5.10 Å². The first-order valence-electron chi connectivity index (χ1n) is 9.36. The van der Waals surface area contributed by atoms with Gasteiger partial charge in [-0.2, -0.15) is 5.10 Å². The van der Waals surface area contributed by atoms with Crippen molar-refractivity contribution in [2.24, 2.45) is 0 Å². The van der Waals surface area contributed by atoms with Gasteiger partial charge in [-0.1, -0.05) is 0 Å². The molecule has 3 N–H and O–H groups in total. The van der Waals surface area contributed by atoms with Crippen molar-refractivity contribution in [1.82, 2.24) is 25.5 Å². The minimum Gasteiger partial charge on any atom is -0.510 e. The number of H-pyrrole nitrogens is 1. The van der Waals surface area contributed by atoms with Gasteiger partial charge in [0.25, 0.3) is 0 Å². The van der Waals surface area contributed by atoms with E-state index in [0.29, 0.717) is 25.3 Å². The van der Waals surface area contributed by atoms with Gasteiger partial charge in [-0.15, -0.1) is 0 Å². The lowest BCUT2D eigenvalue weighted by atomic mass is 10.1. The average molecular weight is 380 g/mol. The summed E-state index contributed by atoms with van der Waals surface area (Å²) in [6.45, 7) is 5.27. The number of hydrogen-bond acceptors (Lipinski definition) is 7. The first kappa shape index (κ1) is 18.1. The molecule has 0 atom stereocenters. The quantitative estimate of drug-likeness (QED) is 0.626. The van der Waals surface area contributed by atoms with E-state index in [1.54, 1.807) is 6.33 Å². The molecule has 0 radical (unpaired) electrons. The summed E-state index contributed by atoms with van der Waals surface area (Å²) in [5, 5.41) is 21.5. The predicted molar refractivity (Wildman–Crippen MR) is 108 cm³/mol. The summed E-state index contributed by atoms with van der Waals surface area (Å²) in [5.74, 6) is 2.01. The zero-order valence-corrected chi connectivity index (χ0v) is 16.2. The topological polar surface area (TPSA) is 99.2 Å². The van der Waals surface area contributed by atoms with E-state index in [9.17, 15) is 5.11 Å². The van der Waals surface area contributed by atoms with Crippen LogP contribution in [0.25, 0.3) is 22.3 Å². The first-order chi connectivity index (χ1) is 13.5. The molecule has 1 aromatic carbocycles. The van der Waals surface area contributed by atoms with Crippen molar-refractivity contribution >= 4 is 16.7 Å². The zero-order chi connectivity index (χ0) is 19.7. The van der Waals surface area contributed by atoms with Crippen LogP contribution in [0, 0.1) is 0 Å². The lowest BCUT2D eigenvalue weighted by molar-refractivity contribution is 0.243. The monoisotopic (exact) mass is 380 g/mol. The van der Waals surface area contributed by atoms with Crippen molar-refractivity contribution in [2.75, 3.05) is 25.0 Å². The van der Waals surface area contributed by atoms with Crippen LogP contribution in [0.15, 0.2) is 42.0 Å². The number of rotatable bonds is 5. The largest absolute Gasteiger partial charge is 0.510 e. The van der Waals surface area contributed by atoms with Crippen LogP contribution in [0.2, 0.25) is 0 Å². The highest BCUT2D eigenvalue weighted by atomic mass is 16.5.